The monoisotopic (exact) mass is 303 g/mol. The largest absolute Gasteiger partial charge is 0.489 e. The van der Waals surface area contributed by atoms with Crippen molar-refractivity contribution in [3.05, 3.63) is 95.6 Å². The summed E-state index contributed by atoms with van der Waals surface area (Å²) < 4.78 is 5.94. The third-order valence-corrected chi connectivity index (χ3v) is 3.82. The molecule has 0 fully saturated rings. The van der Waals surface area contributed by atoms with Crippen molar-refractivity contribution in [3.63, 3.8) is 0 Å². The first-order chi connectivity index (χ1) is 11.3. The minimum atomic E-state index is 0.599. The van der Waals surface area contributed by atoms with Crippen molar-refractivity contribution in [1.29, 1.82) is 0 Å². The average Bonchev–Trinajstić information content (AvgIpc) is 2.61. The van der Waals surface area contributed by atoms with Crippen molar-refractivity contribution in [2.45, 2.75) is 20.1 Å². The number of ether oxygens (including phenoxy) is 1. The lowest BCUT2D eigenvalue weighted by atomic mass is 10.1. The Bertz CT molecular complexity index is 753. The standard InChI is InChI=1S/C21H21NO/c1-17-8-5-6-10-19(17)16-23-21-13-7-9-18(14-21)15-22-20-11-3-2-4-12-20/h2-14,22H,15-16H2,1H3. The molecule has 0 bridgehead atoms. The fourth-order valence-corrected chi connectivity index (χ4v) is 2.44. The zero-order valence-electron chi connectivity index (χ0n) is 13.3. The maximum atomic E-state index is 5.94. The second-order valence-corrected chi connectivity index (χ2v) is 5.58. The van der Waals surface area contributed by atoms with E-state index in [9.17, 15) is 0 Å². The molecule has 1 N–H and O–H groups in total. The second kappa shape index (κ2) is 7.50. The second-order valence-electron chi connectivity index (χ2n) is 5.58. The van der Waals surface area contributed by atoms with E-state index in [4.69, 9.17) is 4.74 Å². The number of nitrogens with one attached hydrogen (secondary N) is 1. The summed E-state index contributed by atoms with van der Waals surface area (Å²) in [6.07, 6.45) is 0. The zero-order chi connectivity index (χ0) is 15.9. The molecule has 0 atom stereocenters. The summed E-state index contributed by atoms with van der Waals surface area (Å²) in [6, 6.07) is 26.8. The van der Waals surface area contributed by atoms with Crippen LogP contribution in [0.4, 0.5) is 5.69 Å². The Morgan fingerprint density at radius 3 is 2.43 bits per heavy atom. The summed E-state index contributed by atoms with van der Waals surface area (Å²) in [4.78, 5) is 0. The highest BCUT2D eigenvalue weighted by Crippen LogP contribution is 2.17. The minimum absolute atomic E-state index is 0.599. The van der Waals surface area contributed by atoms with Gasteiger partial charge in [0.25, 0.3) is 0 Å². The van der Waals surface area contributed by atoms with Crippen LogP contribution in [0.15, 0.2) is 78.9 Å². The molecule has 0 unspecified atom stereocenters. The van der Waals surface area contributed by atoms with Crippen LogP contribution in [-0.4, -0.2) is 0 Å². The molecule has 3 aromatic rings. The van der Waals surface area contributed by atoms with E-state index in [0.29, 0.717) is 6.61 Å². The molecule has 3 rings (SSSR count). The van der Waals surface area contributed by atoms with Crippen molar-refractivity contribution in [3.8, 4) is 5.75 Å². The van der Waals surface area contributed by atoms with E-state index in [-0.39, 0.29) is 0 Å². The van der Waals surface area contributed by atoms with Crippen LogP contribution in [0.25, 0.3) is 0 Å². The van der Waals surface area contributed by atoms with E-state index < -0.39 is 0 Å². The fraction of sp³-hybridized carbons (Fsp3) is 0.143. The molecule has 2 heteroatoms. The van der Waals surface area contributed by atoms with Crippen LogP contribution in [0.3, 0.4) is 0 Å². The third kappa shape index (κ3) is 4.36. The van der Waals surface area contributed by atoms with E-state index in [0.717, 1.165) is 18.0 Å². The molecule has 0 spiro atoms. The molecule has 0 amide bonds. The van der Waals surface area contributed by atoms with Crippen LogP contribution in [0.5, 0.6) is 5.75 Å². The lowest BCUT2D eigenvalue weighted by Gasteiger charge is -2.11. The lowest BCUT2D eigenvalue weighted by Crippen LogP contribution is -2.01. The maximum absolute atomic E-state index is 5.94. The Balaban J connectivity index is 1.60. The van der Waals surface area contributed by atoms with Gasteiger partial charge in [0.1, 0.15) is 12.4 Å². The van der Waals surface area contributed by atoms with Crippen LogP contribution in [0, 0.1) is 6.92 Å². The highest BCUT2D eigenvalue weighted by Gasteiger charge is 2.01. The van der Waals surface area contributed by atoms with Crippen LogP contribution < -0.4 is 10.1 Å². The van der Waals surface area contributed by atoms with Crippen LogP contribution >= 0.6 is 0 Å². The van der Waals surface area contributed by atoms with Gasteiger partial charge in [0.05, 0.1) is 0 Å². The molecular weight excluding hydrogens is 282 g/mol. The molecule has 23 heavy (non-hydrogen) atoms. The van der Waals surface area contributed by atoms with Gasteiger partial charge in [0.15, 0.2) is 0 Å². The van der Waals surface area contributed by atoms with Gasteiger partial charge in [0.2, 0.25) is 0 Å². The number of rotatable bonds is 6. The van der Waals surface area contributed by atoms with Gasteiger partial charge in [-0.05, 0) is 47.9 Å². The van der Waals surface area contributed by atoms with Gasteiger partial charge in [-0.1, -0.05) is 54.6 Å². The molecule has 116 valence electrons. The van der Waals surface area contributed by atoms with Crippen LogP contribution in [-0.2, 0) is 13.2 Å². The molecule has 2 nitrogen and oxygen atoms in total. The Morgan fingerprint density at radius 2 is 1.61 bits per heavy atom. The average molecular weight is 303 g/mol. The maximum Gasteiger partial charge on any atom is 0.120 e. The van der Waals surface area contributed by atoms with E-state index >= 15 is 0 Å². The zero-order valence-corrected chi connectivity index (χ0v) is 13.3. The molecule has 3 aromatic carbocycles. The van der Waals surface area contributed by atoms with E-state index in [2.05, 4.69) is 54.7 Å². The summed E-state index contributed by atoms with van der Waals surface area (Å²) in [6.45, 7) is 3.49. The SMILES string of the molecule is Cc1ccccc1COc1cccc(CNc2ccccc2)c1. The number of anilines is 1. The summed E-state index contributed by atoms with van der Waals surface area (Å²) in [7, 11) is 0. The summed E-state index contributed by atoms with van der Waals surface area (Å²) >= 11 is 0. The first kappa shape index (κ1) is 15.2. The number of benzene rings is 3. The van der Waals surface area contributed by atoms with Crippen molar-refractivity contribution in [2.24, 2.45) is 0 Å². The molecule has 0 aromatic heterocycles. The summed E-state index contributed by atoms with van der Waals surface area (Å²) in [5.41, 5.74) is 4.81. The topological polar surface area (TPSA) is 21.3 Å². The van der Waals surface area contributed by atoms with Gasteiger partial charge in [0, 0.05) is 12.2 Å². The first-order valence-corrected chi connectivity index (χ1v) is 7.86. The quantitative estimate of drug-likeness (QED) is 0.677. The molecule has 0 radical (unpaired) electrons. The highest BCUT2D eigenvalue weighted by atomic mass is 16.5. The van der Waals surface area contributed by atoms with Gasteiger partial charge in [-0.15, -0.1) is 0 Å². The molecule has 0 heterocycles. The van der Waals surface area contributed by atoms with Crippen molar-refractivity contribution in [2.75, 3.05) is 5.32 Å². The third-order valence-electron chi connectivity index (χ3n) is 3.82. The predicted octanol–water partition coefficient (Wildman–Crippen LogP) is 5.19. The molecule has 0 aliphatic rings. The Hall–Kier alpha value is -2.74. The van der Waals surface area contributed by atoms with Gasteiger partial charge in [-0.3, -0.25) is 0 Å². The Kier molecular flexibility index (Phi) is 4.95. The first-order valence-electron chi connectivity index (χ1n) is 7.86. The number of para-hydroxylation sites is 1. The number of aryl methyl sites for hydroxylation is 1. The van der Waals surface area contributed by atoms with Gasteiger partial charge < -0.3 is 10.1 Å². The predicted molar refractivity (Wildman–Crippen MR) is 95.7 cm³/mol. The molecule has 0 saturated heterocycles. The van der Waals surface area contributed by atoms with Gasteiger partial charge in [-0.2, -0.15) is 0 Å². The number of hydrogen-bond acceptors (Lipinski definition) is 2. The van der Waals surface area contributed by atoms with E-state index in [1.807, 2.05) is 36.4 Å². The van der Waals surface area contributed by atoms with Gasteiger partial charge in [-0.25, -0.2) is 0 Å². The summed E-state index contributed by atoms with van der Waals surface area (Å²) in [5.74, 6) is 0.903. The minimum Gasteiger partial charge on any atom is -0.489 e. The normalized spacial score (nSPS) is 10.3. The smallest absolute Gasteiger partial charge is 0.120 e. The molecular formula is C21H21NO. The highest BCUT2D eigenvalue weighted by molar-refractivity contribution is 5.43. The molecule has 0 aliphatic heterocycles. The fourth-order valence-electron chi connectivity index (χ4n) is 2.44. The van der Waals surface area contributed by atoms with Gasteiger partial charge >= 0.3 is 0 Å². The molecule has 0 saturated carbocycles. The van der Waals surface area contributed by atoms with E-state index in [1.54, 1.807) is 0 Å². The van der Waals surface area contributed by atoms with Crippen molar-refractivity contribution < 1.29 is 4.74 Å². The van der Waals surface area contributed by atoms with E-state index in [1.165, 1.54) is 16.7 Å². The lowest BCUT2D eigenvalue weighted by molar-refractivity contribution is 0.305. The summed E-state index contributed by atoms with van der Waals surface area (Å²) in [5, 5.41) is 3.42. The van der Waals surface area contributed by atoms with Crippen LogP contribution in [0.1, 0.15) is 16.7 Å². The number of hydrogen-bond donors (Lipinski definition) is 1. The molecule has 0 aliphatic carbocycles. The Labute approximate surface area is 137 Å². The van der Waals surface area contributed by atoms with Crippen LogP contribution in [0.2, 0.25) is 0 Å². The van der Waals surface area contributed by atoms with Crippen molar-refractivity contribution >= 4 is 5.69 Å². The Morgan fingerprint density at radius 1 is 0.826 bits per heavy atom. The van der Waals surface area contributed by atoms with Crippen molar-refractivity contribution in [1.82, 2.24) is 0 Å².